The Kier molecular flexibility index (Phi) is 3.08. The smallest absolute Gasteiger partial charge is 0.141 e. The summed E-state index contributed by atoms with van der Waals surface area (Å²) in [6.45, 7) is 4.21. The van der Waals surface area contributed by atoms with Crippen LogP contribution in [0.15, 0.2) is 12.4 Å². The molecule has 0 fully saturated rings. The Morgan fingerprint density at radius 3 is 2.47 bits per heavy atom. The number of nitrogens with two attached hydrogens (primary N) is 1. The minimum absolute atomic E-state index is 0.439. The molecular formula is C12H17N5. The van der Waals surface area contributed by atoms with Gasteiger partial charge in [0.15, 0.2) is 0 Å². The van der Waals surface area contributed by atoms with E-state index >= 15 is 0 Å². The summed E-state index contributed by atoms with van der Waals surface area (Å²) in [5, 5.41) is 4.52. The van der Waals surface area contributed by atoms with Crippen LogP contribution >= 0.6 is 0 Å². The molecule has 0 atom stereocenters. The zero-order chi connectivity index (χ0) is 12.4. The van der Waals surface area contributed by atoms with Gasteiger partial charge in [0.1, 0.15) is 5.82 Å². The van der Waals surface area contributed by atoms with E-state index in [0.29, 0.717) is 5.82 Å². The number of aryl methyl sites for hydroxylation is 2. The molecule has 0 aliphatic heterocycles. The standard InChI is InChI=1S/C12H17N5/c1-4-8-12(10(5-2)17(3)16-8)9-6-15-11(13)7-14-9/h6-7H,4-5H2,1-3H3,(H2,13,15). The minimum Gasteiger partial charge on any atom is -0.382 e. The largest absolute Gasteiger partial charge is 0.382 e. The van der Waals surface area contributed by atoms with Gasteiger partial charge in [-0.15, -0.1) is 0 Å². The molecule has 5 nitrogen and oxygen atoms in total. The zero-order valence-electron chi connectivity index (χ0n) is 10.4. The maximum absolute atomic E-state index is 5.56. The number of aromatic nitrogens is 4. The van der Waals surface area contributed by atoms with Gasteiger partial charge in [-0.05, 0) is 12.8 Å². The van der Waals surface area contributed by atoms with Crippen LogP contribution in [0.5, 0.6) is 0 Å². The van der Waals surface area contributed by atoms with Gasteiger partial charge in [0.25, 0.3) is 0 Å². The topological polar surface area (TPSA) is 69.6 Å². The van der Waals surface area contributed by atoms with Crippen LogP contribution in [-0.4, -0.2) is 19.7 Å². The van der Waals surface area contributed by atoms with Crippen LogP contribution in [0.2, 0.25) is 0 Å². The highest BCUT2D eigenvalue weighted by atomic mass is 15.3. The Bertz CT molecular complexity index is 512. The van der Waals surface area contributed by atoms with Gasteiger partial charge in [-0.2, -0.15) is 5.10 Å². The Morgan fingerprint density at radius 1 is 1.18 bits per heavy atom. The average molecular weight is 231 g/mol. The van der Waals surface area contributed by atoms with E-state index in [1.54, 1.807) is 12.4 Å². The van der Waals surface area contributed by atoms with Gasteiger partial charge >= 0.3 is 0 Å². The van der Waals surface area contributed by atoms with Crippen LogP contribution in [-0.2, 0) is 19.9 Å². The van der Waals surface area contributed by atoms with Crippen LogP contribution in [0, 0.1) is 0 Å². The molecule has 0 aromatic carbocycles. The summed E-state index contributed by atoms with van der Waals surface area (Å²) in [5.41, 5.74) is 9.75. The van der Waals surface area contributed by atoms with Crippen LogP contribution in [0.4, 0.5) is 5.82 Å². The second kappa shape index (κ2) is 4.53. The SMILES string of the molecule is CCc1nn(C)c(CC)c1-c1cnc(N)cn1. The van der Waals surface area contributed by atoms with Gasteiger partial charge in [-0.3, -0.25) is 9.67 Å². The van der Waals surface area contributed by atoms with E-state index in [9.17, 15) is 0 Å². The normalized spacial score (nSPS) is 10.8. The first-order valence-electron chi connectivity index (χ1n) is 5.80. The molecule has 17 heavy (non-hydrogen) atoms. The Labute approximate surface area is 101 Å². The predicted octanol–water partition coefficient (Wildman–Crippen LogP) is 1.58. The first-order chi connectivity index (χ1) is 8.17. The number of nitrogen functional groups attached to an aromatic ring is 1. The van der Waals surface area contributed by atoms with Crippen molar-refractivity contribution in [1.29, 1.82) is 0 Å². The Morgan fingerprint density at radius 2 is 1.94 bits per heavy atom. The maximum atomic E-state index is 5.56. The molecule has 0 aliphatic rings. The van der Waals surface area contributed by atoms with Crippen molar-refractivity contribution in [2.75, 3.05) is 5.73 Å². The average Bonchev–Trinajstić information content (AvgIpc) is 2.66. The van der Waals surface area contributed by atoms with Crippen LogP contribution in [0.3, 0.4) is 0 Å². The van der Waals surface area contributed by atoms with E-state index in [1.807, 2.05) is 11.7 Å². The summed E-state index contributed by atoms with van der Waals surface area (Å²) >= 11 is 0. The molecule has 0 unspecified atom stereocenters. The van der Waals surface area contributed by atoms with Crippen molar-refractivity contribution in [1.82, 2.24) is 19.7 Å². The first-order valence-corrected chi connectivity index (χ1v) is 5.80. The van der Waals surface area contributed by atoms with Crippen LogP contribution in [0.1, 0.15) is 25.2 Å². The molecular weight excluding hydrogens is 214 g/mol. The number of hydrogen-bond acceptors (Lipinski definition) is 4. The molecule has 2 rings (SSSR count). The lowest BCUT2D eigenvalue weighted by molar-refractivity contribution is 0.705. The molecule has 2 aromatic heterocycles. The molecule has 0 saturated carbocycles. The molecule has 2 N–H and O–H groups in total. The number of hydrogen-bond donors (Lipinski definition) is 1. The fourth-order valence-corrected chi connectivity index (χ4v) is 2.04. The van der Waals surface area contributed by atoms with E-state index in [0.717, 1.165) is 29.8 Å². The summed E-state index contributed by atoms with van der Waals surface area (Å²) in [4.78, 5) is 8.43. The van der Waals surface area contributed by atoms with Crippen molar-refractivity contribution in [3.05, 3.63) is 23.8 Å². The van der Waals surface area contributed by atoms with Crippen molar-refractivity contribution in [2.45, 2.75) is 26.7 Å². The van der Waals surface area contributed by atoms with Gasteiger partial charge in [-0.1, -0.05) is 13.8 Å². The van der Waals surface area contributed by atoms with Crippen molar-refractivity contribution in [3.8, 4) is 11.3 Å². The predicted molar refractivity (Wildman–Crippen MR) is 67.4 cm³/mol. The van der Waals surface area contributed by atoms with Gasteiger partial charge < -0.3 is 5.73 Å². The molecule has 90 valence electrons. The minimum atomic E-state index is 0.439. The van der Waals surface area contributed by atoms with Crippen LogP contribution < -0.4 is 5.73 Å². The number of rotatable bonds is 3. The third-order valence-electron chi connectivity index (χ3n) is 2.84. The zero-order valence-corrected chi connectivity index (χ0v) is 10.4. The third kappa shape index (κ3) is 2.00. The van der Waals surface area contributed by atoms with E-state index in [-0.39, 0.29) is 0 Å². The van der Waals surface area contributed by atoms with Crippen molar-refractivity contribution < 1.29 is 0 Å². The van der Waals surface area contributed by atoms with E-state index in [2.05, 4.69) is 28.9 Å². The summed E-state index contributed by atoms with van der Waals surface area (Å²) in [6.07, 6.45) is 5.10. The van der Waals surface area contributed by atoms with Crippen LogP contribution in [0.25, 0.3) is 11.3 Å². The molecule has 0 spiro atoms. The lowest BCUT2D eigenvalue weighted by Crippen LogP contribution is -1.98. The molecule has 0 radical (unpaired) electrons. The number of anilines is 1. The quantitative estimate of drug-likeness (QED) is 0.870. The Balaban J connectivity index is 2.60. The second-order valence-electron chi connectivity index (χ2n) is 3.93. The first kappa shape index (κ1) is 11.6. The lowest BCUT2D eigenvalue weighted by Gasteiger charge is -2.04. The maximum Gasteiger partial charge on any atom is 0.141 e. The molecule has 2 heterocycles. The van der Waals surface area contributed by atoms with Gasteiger partial charge in [0.2, 0.25) is 0 Å². The summed E-state index contributed by atoms with van der Waals surface area (Å²) in [6, 6.07) is 0. The van der Waals surface area contributed by atoms with E-state index in [4.69, 9.17) is 5.73 Å². The summed E-state index contributed by atoms with van der Waals surface area (Å²) in [5.74, 6) is 0.439. The second-order valence-corrected chi connectivity index (χ2v) is 3.93. The summed E-state index contributed by atoms with van der Waals surface area (Å²) in [7, 11) is 1.96. The fourth-order valence-electron chi connectivity index (χ4n) is 2.04. The highest BCUT2D eigenvalue weighted by Gasteiger charge is 2.16. The lowest BCUT2D eigenvalue weighted by atomic mass is 10.1. The van der Waals surface area contributed by atoms with Crippen molar-refractivity contribution in [3.63, 3.8) is 0 Å². The fraction of sp³-hybridized carbons (Fsp3) is 0.417. The van der Waals surface area contributed by atoms with Crippen molar-refractivity contribution in [2.24, 2.45) is 7.05 Å². The van der Waals surface area contributed by atoms with Gasteiger partial charge in [0.05, 0.1) is 23.8 Å². The number of nitrogens with zero attached hydrogens (tertiary/aromatic N) is 4. The molecule has 0 amide bonds. The molecule has 0 aliphatic carbocycles. The highest BCUT2D eigenvalue weighted by molar-refractivity contribution is 5.65. The molecule has 5 heteroatoms. The molecule has 0 saturated heterocycles. The van der Waals surface area contributed by atoms with Gasteiger partial charge in [0, 0.05) is 18.3 Å². The summed E-state index contributed by atoms with van der Waals surface area (Å²) < 4.78 is 1.92. The van der Waals surface area contributed by atoms with E-state index in [1.165, 1.54) is 5.69 Å². The third-order valence-corrected chi connectivity index (χ3v) is 2.84. The highest BCUT2D eigenvalue weighted by Crippen LogP contribution is 2.26. The van der Waals surface area contributed by atoms with Crippen molar-refractivity contribution >= 4 is 5.82 Å². The molecule has 0 bridgehead atoms. The van der Waals surface area contributed by atoms with Gasteiger partial charge in [-0.25, -0.2) is 4.98 Å². The monoisotopic (exact) mass is 231 g/mol. The van der Waals surface area contributed by atoms with E-state index < -0.39 is 0 Å². The Hall–Kier alpha value is -1.91. The molecule has 2 aromatic rings.